The molecule has 0 bridgehead atoms. The number of amides is 1. The van der Waals surface area contributed by atoms with Gasteiger partial charge in [0.15, 0.2) is 5.65 Å². The summed E-state index contributed by atoms with van der Waals surface area (Å²) in [6.45, 7) is 7.34. The van der Waals surface area contributed by atoms with E-state index in [1.165, 1.54) is 0 Å². The lowest BCUT2D eigenvalue weighted by Gasteiger charge is -2.34. The van der Waals surface area contributed by atoms with Gasteiger partial charge in [0, 0.05) is 31.3 Å². The van der Waals surface area contributed by atoms with Crippen LogP contribution in [0, 0.1) is 3.70 Å². The summed E-state index contributed by atoms with van der Waals surface area (Å²) >= 11 is 2.22. The predicted molar refractivity (Wildman–Crippen MR) is 141 cm³/mol. The second-order valence-corrected chi connectivity index (χ2v) is 10.4. The molecule has 10 nitrogen and oxygen atoms in total. The lowest BCUT2D eigenvalue weighted by molar-refractivity contribution is 0.0169. The van der Waals surface area contributed by atoms with Crippen LogP contribution in [0.2, 0.25) is 0 Å². The summed E-state index contributed by atoms with van der Waals surface area (Å²) in [5, 5.41) is 9.06. The minimum atomic E-state index is -0.530. The van der Waals surface area contributed by atoms with Crippen LogP contribution >= 0.6 is 22.6 Å². The highest BCUT2D eigenvalue weighted by Gasteiger charge is 2.30. The summed E-state index contributed by atoms with van der Waals surface area (Å²) in [7, 11) is 3.27. The van der Waals surface area contributed by atoms with Gasteiger partial charge in [0.1, 0.15) is 32.9 Å². The van der Waals surface area contributed by atoms with Gasteiger partial charge in [-0.3, -0.25) is 0 Å². The Morgan fingerprint density at radius 3 is 2.74 bits per heavy atom. The van der Waals surface area contributed by atoms with Crippen LogP contribution in [0.1, 0.15) is 45.2 Å². The number of rotatable bonds is 6. The second-order valence-electron chi connectivity index (χ2n) is 9.41. The van der Waals surface area contributed by atoms with Crippen molar-refractivity contribution in [3.63, 3.8) is 0 Å². The van der Waals surface area contributed by atoms with E-state index < -0.39 is 5.60 Å². The summed E-state index contributed by atoms with van der Waals surface area (Å²) < 4.78 is 19.1. The minimum Gasteiger partial charge on any atom is -0.497 e. The van der Waals surface area contributed by atoms with E-state index in [4.69, 9.17) is 19.3 Å². The van der Waals surface area contributed by atoms with E-state index in [0.29, 0.717) is 25.5 Å². The Bertz CT molecular complexity index is 1210. The summed E-state index contributed by atoms with van der Waals surface area (Å²) in [4.78, 5) is 23.4. The van der Waals surface area contributed by atoms with E-state index in [0.717, 1.165) is 44.6 Å². The first-order valence-electron chi connectivity index (χ1n) is 11.5. The van der Waals surface area contributed by atoms with E-state index in [1.54, 1.807) is 25.4 Å². The number of halogens is 1. The van der Waals surface area contributed by atoms with Gasteiger partial charge >= 0.3 is 6.09 Å². The summed E-state index contributed by atoms with van der Waals surface area (Å²) in [5.41, 5.74) is 1.19. The number of hydrogen-bond donors (Lipinski definition) is 1. The standard InChI is InChI=1S/C24H31IN6O4/c1-24(2,3)35-23(32)30-10-6-7-16(13-30)31-22-19(20(25)29-31)21(27-14-28-22)26-12-15-8-9-17(33-4)11-18(15)34-5/h8-9,11,14,16H,6-7,10,12-13H2,1-5H3,(H,26,27,28). The Morgan fingerprint density at radius 2 is 2.03 bits per heavy atom. The van der Waals surface area contributed by atoms with Crippen molar-refractivity contribution in [2.24, 2.45) is 0 Å². The maximum absolute atomic E-state index is 12.6. The van der Waals surface area contributed by atoms with Crippen LogP contribution < -0.4 is 14.8 Å². The third-order valence-electron chi connectivity index (χ3n) is 5.78. The number of hydrogen-bond acceptors (Lipinski definition) is 8. The highest BCUT2D eigenvalue weighted by Crippen LogP contribution is 2.32. The van der Waals surface area contributed by atoms with Crippen molar-refractivity contribution >= 4 is 45.5 Å². The number of piperidine rings is 1. The maximum Gasteiger partial charge on any atom is 0.410 e. The number of aromatic nitrogens is 4. The van der Waals surface area contributed by atoms with Crippen molar-refractivity contribution in [1.29, 1.82) is 0 Å². The summed E-state index contributed by atoms with van der Waals surface area (Å²) in [6.07, 6.45) is 3.02. The molecule has 4 rings (SSSR count). The number of carbonyl (C=O) groups is 1. The van der Waals surface area contributed by atoms with Gasteiger partial charge in [0.2, 0.25) is 0 Å². The van der Waals surface area contributed by atoms with Gasteiger partial charge in [0.25, 0.3) is 0 Å². The topological polar surface area (TPSA) is 104 Å². The Balaban J connectivity index is 1.56. The molecule has 2 aromatic heterocycles. The first-order valence-corrected chi connectivity index (χ1v) is 12.6. The molecule has 35 heavy (non-hydrogen) atoms. The fourth-order valence-electron chi connectivity index (χ4n) is 4.14. The summed E-state index contributed by atoms with van der Waals surface area (Å²) in [6, 6.07) is 5.72. The number of methoxy groups -OCH3 is 2. The highest BCUT2D eigenvalue weighted by atomic mass is 127. The van der Waals surface area contributed by atoms with E-state index in [1.807, 2.05) is 43.7 Å². The lowest BCUT2D eigenvalue weighted by Crippen LogP contribution is -2.43. The molecule has 1 saturated heterocycles. The average Bonchev–Trinajstić information content (AvgIpc) is 3.18. The van der Waals surface area contributed by atoms with E-state index >= 15 is 0 Å². The first kappa shape index (κ1) is 25.3. The molecule has 1 atom stereocenters. The van der Waals surface area contributed by atoms with Crippen LogP contribution in [0.15, 0.2) is 24.5 Å². The molecule has 3 heterocycles. The first-order chi connectivity index (χ1) is 16.7. The normalized spacial score (nSPS) is 16.3. The van der Waals surface area contributed by atoms with Gasteiger partial charge in [-0.05, 0) is 68.3 Å². The van der Waals surface area contributed by atoms with Crippen LogP contribution in [0.4, 0.5) is 10.6 Å². The molecule has 0 spiro atoms. The van der Waals surface area contributed by atoms with Gasteiger partial charge in [-0.2, -0.15) is 5.10 Å². The molecule has 1 aliphatic heterocycles. The van der Waals surface area contributed by atoms with Crippen molar-refractivity contribution in [3.05, 3.63) is 33.8 Å². The largest absolute Gasteiger partial charge is 0.497 e. The average molecular weight is 594 g/mol. The zero-order valence-corrected chi connectivity index (χ0v) is 22.8. The molecule has 11 heteroatoms. The molecule has 1 aliphatic rings. The van der Waals surface area contributed by atoms with Gasteiger partial charge < -0.3 is 24.4 Å². The third-order valence-corrected chi connectivity index (χ3v) is 6.54. The lowest BCUT2D eigenvalue weighted by atomic mass is 10.1. The number of carbonyl (C=O) groups excluding carboxylic acids is 1. The molecule has 1 unspecified atom stereocenters. The molecule has 0 radical (unpaired) electrons. The van der Waals surface area contributed by atoms with Gasteiger partial charge in [-0.1, -0.05) is 0 Å². The fraction of sp³-hybridized carbons (Fsp3) is 0.500. The number of likely N-dealkylation sites (tertiary alicyclic amines) is 1. The fourth-order valence-corrected chi connectivity index (χ4v) is 4.87. The number of benzene rings is 1. The van der Waals surface area contributed by atoms with E-state index in [2.05, 4.69) is 37.9 Å². The zero-order chi connectivity index (χ0) is 25.2. The number of nitrogens with zero attached hydrogens (tertiary/aromatic N) is 5. The Hall–Kier alpha value is -2.83. The molecule has 188 valence electrons. The summed E-state index contributed by atoms with van der Waals surface area (Å²) in [5.74, 6) is 2.17. The molecular weight excluding hydrogens is 563 g/mol. The third kappa shape index (κ3) is 5.71. The Morgan fingerprint density at radius 1 is 1.23 bits per heavy atom. The SMILES string of the molecule is COc1ccc(CNc2ncnc3c2c(I)nn3C2CCCN(C(=O)OC(C)(C)C)C2)c(OC)c1. The van der Waals surface area contributed by atoms with Crippen LogP contribution in [-0.4, -0.2) is 63.7 Å². The van der Waals surface area contributed by atoms with Crippen molar-refractivity contribution < 1.29 is 19.0 Å². The monoisotopic (exact) mass is 594 g/mol. The van der Waals surface area contributed by atoms with Crippen LogP contribution in [0.3, 0.4) is 0 Å². The van der Waals surface area contributed by atoms with E-state index in [9.17, 15) is 4.79 Å². The quantitative estimate of drug-likeness (QED) is 0.412. The van der Waals surface area contributed by atoms with Gasteiger partial charge in [0.05, 0.1) is 25.6 Å². The van der Waals surface area contributed by atoms with Crippen LogP contribution in [0.25, 0.3) is 11.0 Å². The van der Waals surface area contributed by atoms with Crippen molar-refractivity contribution in [2.75, 3.05) is 32.6 Å². The Labute approximate surface area is 218 Å². The Kier molecular flexibility index (Phi) is 7.53. The second kappa shape index (κ2) is 10.4. The molecule has 0 aliphatic carbocycles. The maximum atomic E-state index is 12.6. The number of anilines is 1. The van der Waals surface area contributed by atoms with Crippen LogP contribution in [-0.2, 0) is 11.3 Å². The zero-order valence-electron chi connectivity index (χ0n) is 20.7. The minimum absolute atomic E-state index is 0.00622. The number of nitrogens with one attached hydrogen (secondary N) is 1. The van der Waals surface area contributed by atoms with Gasteiger partial charge in [-0.25, -0.2) is 19.4 Å². The molecule has 1 amide bonds. The molecule has 1 N–H and O–H groups in total. The predicted octanol–water partition coefficient (Wildman–Crippen LogP) is 4.63. The molecule has 3 aromatic rings. The van der Waals surface area contributed by atoms with Crippen molar-refractivity contribution in [1.82, 2.24) is 24.6 Å². The van der Waals surface area contributed by atoms with Crippen LogP contribution in [0.5, 0.6) is 11.5 Å². The molecule has 1 aromatic carbocycles. The van der Waals surface area contributed by atoms with Crippen molar-refractivity contribution in [2.45, 2.75) is 51.8 Å². The van der Waals surface area contributed by atoms with E-state index in [-0.39, 0.29) is 12.1 Å². The van der Waals surface area contributed by atoms with Gasteiger partial charge in [-0.15, -0.1) is 0 Å². The molecular formula is C24H31IN6O4. The highest BCUT2D eigenvalue weighted by molar-refractivity contribution is 14.1. The smallest absolute Gasteiger partial charge is 0.410 e. The molecule has 0 saturated carbocycles. The number of fused-ring (bicyclic) bond motifs is 1. The molecule has 1 fully saturated rings. The number of ether oxygens (including phenoxy) is 3. The van der Waals surface area contributed by atoms with Crippen molar-refractivity contribution in [3.8, 4) is 11.5 Å².